The number of likely N-dealkylation sites (tertiary alicyclic amines) is 1. The van der Waals surface area contributed by atoms with Crippen LogP contribution in [0.1, 0.15) is 12.8 Å². The summed E-state index contributed by atoms with van der Waals surface area (Å²) in [7, 11) is 0. The molecule has 10 heteroatoms. The molecule has 1 saturated heterocycles. The van der Waals surface area contributed by atoms with Crippen LogP contribution in [0.25, 0.3) is 0 Å². The number of nitrogens with one attached hydrogen (secondary N) is 1. The summed E-state index contributed by atoms with van der Waals surface area (Å²) in [6, 6.07) is 3.76. The van der Waals surface area contributed by atoms with Crippen molar-refractivity contribution < 1.29 is 18.1 Å². The number of hydrogen-bond acceptors (Lipinski definition) is 3. The fourth-order valence-electron chi connectivity index (χ4n) is 2.35. The van der Waals surface area contributed by atoms with Gasteiger partial charge in [-0.15, -0.1) is 0 Å². The number of nitro groups is 1. The van der Waals surface area contributed by atoms with E-state index >= 15 is 0 Å². The Kier molecular flexibility index (Phi) is 5.30. The predicted molar refractivity (Wildman–Crippen MR) is 84.7 cm³/mol. The lowest BCUT2D eigenvalue weighted by molar-refractivity contribution is -0.384. The molecule has 0 aliphatic carbocycles. The molecule has 1 aromatic rings. The second-order valence-corrected chi connectivity index (χ2v) is 5.97. The zero-order chi connectivity index (χ0) is 17.2. The van der Waals surface area contributed by atoms with Crippen LogP contribution in [0.3, 0.4) is 0 Å². The van der Waals surface area contributed by atoms with Crippen LogP contribution in [0.4, 0.5) is 24.5 Å². The van der Waals surface area contributed by atoms with E-state index in [9.17, 15) is 23.3 Å². The maximum absolute atomic E-state index is 12.8. The number of rotatable bonds is 2. The van der Waals surface area contributed by atoms with E-state index < -0.39 is 17.0 Å². The minimum absolute atomic E-state index is 0.0696. The molecular weight excluding hydrogens is 355 g/mol. The highest BCUT2D eigenvalue weighted by Gasteiger charge is 2.42. The van der Waals surface area contributed by atoms with E-state index in [0.29, 0.717) is 13.0 Å². The Bertz CT molecular complexity index is 627. The first kappa shape index (κ1) is 17.7. The molecule has 126 valence electrons. The number of thiocarbonyl (C=S) groups is 1. The van der Waals surface area contributed by atoms with Crippen LogP contribution in [-0.2, 0) is 0 Å². The highest BCUT2D eigenvalue weighted by atomic mass is 35.5. The Labute approximate surface area is 140 Å². The highest BCUT2D eigenvalue weighted by Crippen LogP contribution is 2.33. The van der Waals surface area contributed by atoms with Gasteiger partial charge in [-0.05, 0) is 31.1 Å². The number of nitrogens with zero attached hydrogens (tertiary/aromatic N) is 2. The van der Waals surface area contributed by atoms with Gasteiger partial charge >= 0.3 is 6.18 Å². The van der Waals surface area contributed by atoms with E-state index in [1.807, 2.05) is 0 Å². The zero-order valence-electron chi connectivity index (χ0n) is 11.8. The van der Waals surface area contributed by atoms with E-state index in [0.717, 1.165) is 0 Å². The van der Waals surface area contributed by atoms with Crippen molar-refractivity contribution in [2.45, 2.75) is 19.0 Å². The average molecular weight is 368 g/mol. The monoisotopic (exact) mass is 367 g/mol. The summed E-state index contributed by atoms with van der Waals surface area (Å²) in [4.78, 5) is 11.6. The molecule has 1 fully saturated rings. The van der Waals surface area contributed by atoms with Crippen LogP contribution in [0.2, 0.25) is 5.02 Å². The third kappa shape index (κ3) is 4.44. The smallest absolute Gasteiger partial charge is 0.348 e. The average Bonchev–Trinajstić information content (AvgIpc) is 2.48. The summed E-state index contributed by atoms with van der Waals surface area (Å²) in [5, 5.41) is 13.7. The Balaban J connectivity index is 2.10. The maximum atomic E-state index is 12.8. The van der Waals surface area contributed by atoms with Crippen molar-refractivity contribution in [3.05, 3.63) is 33.3 Å². The number of alkyl halides is 3. The first-order chi connectivity index (χ1) is 10.7. The number of hydrogen-bond donors (Lipinski definition) is 1. The summed E-state index contributed by atoms with van der Waals surface area (Å²) in [5.41, 5.74) is 0.00603. The number of benzene rings is 1. The Morgan fingerprint density at radius 1 is 1.48 bits per heavy atom. The standard InChI is InChI=1S/C13H13ClF3N3O2S/c14-10-4-3-9(20(21)22)6-11(10)18-12(23)19-5-1-2-8(7-19)13(15,16)17/h3-4,6,8H,1-2,5,7H2,(H,18,23). The second kappa shape index (κ2) is 6.88. The summed E-state index contributed by atoms with van der Waals surface area (Å²) in [6.45, 7) is 0.160. The minimum atomic E-state index is -4.27. The molecule has 0 aromatic heterocycles. The summed E-state index contributed by atoms with van der Waals surface area (Å²) in [6.07, 6.45) is -3.83. The van der Waals surface area contributed by atoms with E-state index in [1.165, 1.54) is 23.1 Å². The van der Waals surface area contributed by atoms with Gasteiger partial charge in [-0.1, -0.05) is 11.6 Å². The lowest BCUT2D eigenvalue weighted by Gasteiger charge is -2.35. The van der Waals surface area contributed by atoms with Crippen LogP contribution in [0.5, 0.6) is 0 Å². The van der Waals surface area contributed by atoms with Crippen molar-refractivity contribution in [1.29, 1.82) is 0 Å². The normalized spacial score (nSPS) is 18.6. The summed E-state index contributed by atoms with van der Waals surface area (Å²) < 4.78 is 38.5. The first-order valence-corrected chi connectivity index (χ1v) is 7.53. The van der Waals surface area contributed by atoms with E-state index in [-0.39, 0.29) is 34.5 Å². The molecule has 0 spiro atoms. The topological polar surface area (TPSA) is 58.4 Å². The van der Waals surface area contributed by atoms with Crippen molar-refractivity contribution in [1.82, 2.24) is 4.90 Å². The van der Waals surface area contributed by atoms with Crippen molar-refractivity contribution >= 4 is 40.3 Å². The molecule has 1 aliphatic rings. The van der Waals surface area contributed by atoms with Crippen LogP contribution < -0.4 is 5.32 Å². The van der Waals surface area contributed by atoms with Crippen molar-refractivity contribution in [2.24, 2.45) is 5.92 Å². The molecule has 5 nitrogen and oxygen atoms in total. The van der Waals surface area contributed by atoms with Gasteiger partial charge in [-0.25, -0.2) is 0 Å². The maximum Gasteiger partial charge on any atom is 0.393 e. The van der Waals surface area contributed by atoms with Crippen molar-refractivity contribution in [2.75, 3.05) is 18.4 Å². The number of piperidine rings is 1. The molecule has 0 amide bonds. The van der Waals surface area contributed by atoms with E-state index in [4.69, 9.17) is 23.8 Å². The summed E-state index contributed by atoms with van der Waals surface area (Å²) in [5.74, 6) is -1.43. The minimum Gasteiger partial charge on any atom is -0.348 e. The highest BCUT2D eigenvalue weighted by molar-refractivity contribution is 7.80. The molecule has 1 aliphatic heterocycles. The van der Waals surface area contributed by atoms with Crippen LogP contribution in [0, 0.1) is 16.0 Å². The van der Waals surface area contributed by atoms with Gasteiger partial charge in [0.05, 0.1) is 21.6 Å². The van der Waals surface area contributed by atoms with Crippen LogP contribution in [0.15, 0.2) is 18.2 Å². The molecule has 2 rings (SSSR count). The molecule has 1 N–H and O–H groups in total. The van der Waals surface area contributed by atoms with Crippen LogP contribution in [-0.4, -0.2) is 34.2 Å². The fourth-order valence-corrected chi connectivity index (χ4v) is 2.79. The molecular formula is C13H13ClF3N3O2S. The second-order valence-electron chi connectivity index (χ2n) is 5.18. The molecule has 1 unspecified atom stereocenters. The molecule has 0 saturated carbocycles. The number of anilines is 1. The molecule has 1 heterocycles. The van der Waals surface area contributed by atoms with Gasteiger partial charge in [-0.3, -0.25) is 10.1 Å². The predicted octanol–water partition coefficient (Wildman–Crippen LogP) is 4.22. The Morgan fingerprint density at radius 2 is 2.17 bits per heavy atom. The lowest BCUT2D eigenvalue weighted by Crippen LogP contribution is -2.46. The van der Waals surface area contributed by atoms with Gasteiger partial charge in [0.25, 0.3) is 5.69 Å². The quantitative estimate of drug-likeness (QED) is 0.482. The molecule has 1 aromatic carbocycles. The molecule has 23 heavy (non-hydrogen) atoms. The van der Waals surface area contributed by atoms with Gasteiger partial charge in [0.1, 0.15) is 0 Å². The Hall–Kier alpha value is -1.61. The zero-order valence-corrected chi connectivity index (χ0v) is 13.3. The Morgan fingerprint density at radius 3 is 2.78 bits per heavy atom. The molecule has 0 bridgehead atoms. The molecule has 0 radical (unpaired) electrons. The first-order valence-electron chi connectivity index (χ1n) is 6.75. The largest absolute Gasteiger partial charge is 0.393 e. The van der Waals surface area contributed by atoms with Gasteiger partial charge < -0.3 is 10.2 Å². The number of non-ortho nitro benzene ring substituents is 1. The lowest BCUT2D eigenvalue weighted by atomic mass is 9.98. The third-order valence-electron chi connectivity index (χ3n) is 3.57. The van der Waals surface area contributed by atoms with E-state index in [2.05, 4.69) is 5.32 Å². The fraction of sp³-hybridized carbons (Fsp3) is 0.462. The van der Waals surface area contributed by atoms with Gasteiger partial charge in [-0.2, -0.15) is 13.2 Å². The van der Waals surface area contributed by atoms with Gasteiger partial charge in [0.2, 0.25) is 0 Å². The number of nitro benzene ring substituents is 1. The van der Waals surface area contributed by atoms with E-state index in [1.54, 1.807) is 0 Å². The van der Waals surface area contributed by atoms with Crippen molar-refractivity contribution in [3.63, 3.8) is 0 Å². The van der Waals surface area contributed by atoms with Gasteiger partial charge in [0, 0.05) is 25.2 Å². The van der Waals surface area contributed by atoms with Crippen LogP contribution >= 0.6 is 23.8 Å². The molecule has 1 atom stereocenters. The third-order valence-corrected chi connectivity index (χ3v) is 4.26. The van der Waals surface area contributed by atoms with Crippen molar-refractivity contribution in [3.8, 4) is 0 Å². The summed E-state index contributed by atoms with van der Waals surface area (Å²) >= 11 is 11.1. The SMILES string of the molecule is O=[N+]([O-])c1ccc(Cl)c(NC(=S)N2CCCC(C(F)(F)F)C2)c1. The van der Waals surface area contributed by atoms with Gasteiger partial charge in [0.15, 0.2) is 5.11 Å². The number of halogens is 4.